The summed E-state index contributed by atoms with van der Waals surface area (Å²) in [6.45, 7) is 55.1. The van der Waals surface area contributed by atoms with E-state index in [4.69, 9.17) is 0 Å². The van der Waals surface area contributed by atoms with Gasteiger partial charge in [0, 0.05) is 5.92 Å². The van der Waals surface area contributed by atoms with E-state index in [1.807, 2.05) is 0 Å². The summed E-state index contributed by atoms with van der Waals surface area (Å²) in [5.74, 6) is 4.47. The van der Waals surface area contributed by atoms with E-state index in [0.717, 1.165) is 30.1 Å². The predicted octanol–water partition coefficient (Wildman–Crippen LogP) is 14.0. The largest absolute Gasteiger partial charge is 0.0993 e. The maximum atomic E-state index is 4.35. The van der Waals surface area contributed by atoms with Crippen molar-refractivity contribution >= 4 is 0 Å². The summed E-state index contributed by atoms with van der Waals surface area (Å²) in [6, 6.07) is 0. The lowest BCUT2D eigenvalue weighted by molar-refractivity contribution is 0.197. The van der Waals surface area contributed by atoms with Crippen molar-refractivity contribution in [3.63, 3.8) is 0 Å². The molecule has 0 N–H and O–H groups in total. The molecule has 0 heteroatoms. The second kappa shape index (κ2) is 13.3. The Morgan fingerprint density at radius 2 is 0.738 bits per heavy atom. The molecule has 0 heterocycles. The van der Waals surface area contributed by atoms with Crippen LogP contribution in [0, 0.1) is 68.0 Å². The number of hydrogen-bond acceptors (Lipinski definition) is 0. The first-order valence-electron chi connectivity index (χ1n) is 17.4. The van der Waals surface area contributed by atoms with Crippen LogP contribution in [0.2, 0.25) is 0 Å². The summed E-state index contributed by atoms with van der Waals surface area (Å²) >= 11 is 0. The van der Waals surface area contributed by atoms with E-state index in [9.17, 15) is 0 Å². The van der Waals surface area contributed by atoms with Gasteiger partial charge >= 0.3 is 0 Å². The maximum absolute atomic E-state index is 4.35. The first kappa shape index (κ1) is 39.2. The standard InChI is InChI=1S/C15H26.C14H26.C13H26/c1-10-9-12(14(3,4)5)11(2)13(10)15(6,7)8;1-10-11(13(2,3)4)8-9-12(10)14(5,6)7;1-12(2,3)10-7-8-11(9-10)13(4,5)6/h12-13H,1-2,9H2,3-8H3;11-12H,1,8-9H2,2-7H3;10-11H,7-9H2,1-6H3. The molecule has 0 aromatic rings. The van der Waals surface area contributed by atoms with Crippen LogP contribution in [0.4, 0.5) is 0 Å². The molecule has 3 rings (SSSR count). The highest BCUT2D eigenvalue weighted by Crippen LogP contribution is 2.54. The maximum Gasteiger partial charge on any atom is 0.00534 e. The zero-order valence-electron chi connectivity index (χ0n) is 32.3. The van der Waals surface area contributed by atoms with Crippen molar-refractivity contribution in [1.82, 2.24) is 0 Å². The minimum Gasteiger partial charge on any atom is -0.0993 e. The number of hydrogen-bond donors (Lipinski definition) is 0. The summed E-state index contributed by atoms with van der Waals surface area (Å²) < 4.78 is 0. The number of allylic oxidation sites excluding steroid dienone is 3. The van der Waals surface area contributed by atoms with Crippen LogP contribution in [0.15, 0.2) is 36.5 Å². The second-order valence-electron chi connectivity index (χ2n) is 21.1. The van der Waals surface area contributed by atoms with Gasteiger partial charge in [0.1, 0.15) is 0 Å². The van der Waals surface area contributed by atoms with Crippen molar-refractivity contribution in [1.29, 1.82) is 0 Å². The third-order valence-corrected chi connectivity index (χ3v) is 11.2. The highest BCUT2D eigenvalue weighted by Gasteiger charge is 2.43. The van der Waals surface area contributed by atoms with Crippen LogP contribution in [0.1, 0.15) is 163 Å². The molecular formula is C42H78. The van der Waals surface area contributed by atoms with Gasteiger partial charge in [-0.2, -0.15) is 0 Å². The first-order valence-corrected chi connectivity index (χ1v) is 17.4. The van der Waals surface area contributed by atoms with Gasteiger partial charge in [0.25, 0.3) is 0 Å². The van der Waals surface area contributed by atoms with Crippen molar-refractivity contribution < 1.29 is 0 Å². The molecule has 0 aromatic carbocycles. The molecule has 42 heavy (non-hydrogen) atoms. The molecule has 0 aliphatic heterocycles. The van der Waals surface area contributed by atoms with E-state index in [0.29, 0.717) is 38.9 Å². The monoisotopic (exact) mass is 583 g/mol. The minimum absolute atomic E-state index is 0.272. The van der Waals surface area contributed by atoms with Crippen LogP contribution >= 0.6 is 0 Å². The van der Waals surface area contributed by atoms with Gasteiger partial charge in [0.2, 0.25) is 0 Å². The zero-order chi connectivity index (χ0) is 33.4. The van der Waals surface area contributed by atoms with Gasteiger partial charge in [-0.1, -0.05) is 161 Å². The summed E-state index contributed by atoms with van der Waals surface area (Å²) in [5, 5.41) is 0. The molecule has 0 aromatic heterocycles. The summed E-state index contributed by atoms with van der Waals surface area (Å²) in [4.78, 5) is 0. The third kappa shape index (κ3) is 10.7. The lowest BCUT2D eigenvalue weighted by Crippen LogP contribution is -2.24. The Kier molecular flexibility index (Phi) is 12.4. The fraction of sp³-hybridized carbons (Fsp3) is 0.857. The zero-order valence-corrected chi connectivity index (χ0v) is 32.3. The van der Waals surface area contributed by atoms with E-state index in [-0.39, 0.29) is 5.41 Å². The molecule has 0 saturated heterocycles. The molecule has 3 fully saturated rings. The van der Waals surface area contributed by atoms with Gasteiger partial charge in [0.15, 0.2) is 0 Å². The SMILES string of the molecule is C=C1C(C(C)(C)C)CCC1C(C)(C)C.C=C1CC(C(C)(C)C)C(=C)C1C(C)(C)C.CC(C)(C)C1CCC(C(C)(C)C)C1. The molecular weight excluding hydrogens is 504 g/mol. The van der Waals surface area contributed by atoms with Crippen LogP contribution in [-0.2, 0) is 0 Å². The van der Waals surface area contributed by atoms with E-state index >= 15 is 0 Å². The van der Waals surface area contributed by atoms with Gasteiger partial charge in [-0.25, -0.2) is 0 Å². The average molecular weight is 583 g/mol. The third-order valence-electron chi connectivity index (χ3n) is 11.2. The second-order valence-corrected chi connectivity index (χ2v) is 21.1. The number of rotatable bonds is 0. The van der Waals surface area contributed by atoms with E-state index < -0.39 is 0 Å². The van der Waals surface area contributed by atoms with Crippen molar-refractivity contribution in [2.75, 3.05) is 0 Å². The van der Waals surface area contributed by atoms with Gasteiger partial charge in [-0.05, 0) is 101 Å². The molecule has 246 valence electrons. The van der Waals surface area contributed by atoms with Crippen LogP contribution in [0.3, 0.4) is 0 Å². The Bertz CT molecular complexity index is 867. The van der Waals surface area contributed by atoms with Crippen molar-refractivity contribution in [3.05, 3.63) is 36.5 Å². The van der Waals surface area contributed by atoms with Crippen molar-refractivity contribution in [2.24, 2.45) is 68.0 Å². The van der Waals surface area contributed by atoms with Crippen molar-refractivity contribution in [3.8, 4) is 0 Å². The molecule has 3 saturated carbocycles. The topological polar surface area (TPSA) is 0 Å². The minimum atomic E-state index is 0.272. The first-order chi connectivity index (χ1) is 18.4. The predicted molar refractivity (Wildman–Crippen MR) is 193 cm³/mol. The van der Waals surface area contributed by atoms with Crippen LogP contribution in [0.5, 0.6) is 0 Å². The highest BCUT2D eigenvalue weighted by atomic mass is 14.5. The smallest absolute Gasteiger partial charge is 0.00534 e. The van der Waals surface area contributed by atoms with E-state index in [1.54, 1.807) is 0 Å². The molecule has 0 nitrogen and oxygen atoms in total. The molecule has 0 bridgehead atoms. The van der Waals surface area contributed by atoms with Crippen LogP contribution in [0.25, 0.3) is 0 Å². The Morgan fingerprint density at radius 3 is 0.905 bits per heavy atom. The van der Waals surface area contributed by atoms with E-state index in [1.165, 1.54) is 48.8 Å². The summed E-state index contributed by atoms with van der Waals surface area (Å²) in [6.07, 6.45) is 8.16. The molecule has 3 aliphatic rings. The fourth-order valence-corrected chi connectivity index (χ4v) is 8.49. The average Bonchev–Trinajstić information content (AvgIpc) is 3.43. The normalized spacial score (nSPS) is 29.7. The summed E-state index contributed by atoms with van der Waals surface area (Å²) in [7, 11) is 0. The van der Waals surface area contributed by atoms with Gasteiger partial charge in [0.05, 0.1) is 0 Å². The fourth-order valence-electron chi connectivity index (χ4n) is 8.49. The molecule has 0 radical (unpaired) electrons. The lowest BCUT2D eigenvalue weighted by Gasteiger charge is -2.33. The van der Waals surface area contributed by atoms with Crippen molar-refractivity contribution in [2.45, 2.75) is 163 Å². The summed E-state index contributed by atoms with van der Waals surface area (Å²) in [5.41, 5.74) is 6.74. The van der Waals surface area contributed by atoms with Crippen LogP contribution in [-0.4, -0.2) is 0 Å². The van der Waals surface area contributed by atoms with Crippen LogP contribution < -0.4 is 0 Å². The Balaban J connectivity index is 0.000000316. The molecule has 0 spiro atoms. The quantitative estimate of drug-likeness (QED) is 0.249. The lowest BCUT2D eigenvalue weighted by atomic mass is 9.72. The molecule has 0 amide bonds. The Labute approximate surface area is 267 Å². The Hall–Kier alpha value is -0.780. The Morgan fingerprint density at radius 1 is 0.405 bits per heavy atom. The molecule has 6 unspecified atom stereocenters. The van der Waals surface area contributed by atoms with Gasteiger partial charge in [-0.15, -0.1) is 0 Å². The van der Waals surface area contributed by atoms with E-state index in [2.05, 4.69) is 144 Å². The molecule has 3 aliphatic carbocycles. The van der Waals surface area contributed by atoms with Gasteiger partial charge < -0.3 is 0 Å². The highest BCUT2D eigenvalue weighted by molar-refractivity contribution is 5.31. The van der Waals surface area contributed by atoms with Gasteiger partial charge in [-0.3, -0.25) is 0 Å². The molecule has 6 atom stereocenters.